The number of nitrogens with one attached hydrogen (secondary N) is 1. The topological polar surface area (TPSA) is 105 Å². The first-order valence-electron chi connectivity index (χ1n) is 7.47. The third kappa shape index (κ3) is 4.54. The van der Waals surface area contributed by atoms with Crippen molar-refractivity contribution < 1.29 is 19.4 Å². The zero-order valence-corrected chi connectivity index (χ0v) is 13.8. The van der Waals surface area contributed by atoms with E-state index in [-0.39, 0.29) is 11.6 Å². The van der Waals surface area contributed by atoms with Crippen LogP contribution in [0, 0.1) is 6.92 Å². The predicted octanol–water partition coefficient (Wildman–Crippen LogP) is 1.59. The fourth-order valence-corrected chi connectivity index (χ4v) is 2.35. The lowest BCUT2D eigenvalue weighted by Crippen LogP contribution is -2.40. The van der Waals surface area contributed by atoms with E-state index in [2.05, 4.69) is 15.3 Å². The van der Waals surface area contributed by atoms with Crippen LogP contribution in [-0.4, -0.2) is 51.9 Å². The van der Waals surface area contributed by atoms with Gasteiger partial charge in [-0.1, -0.05) is 0 Å². The maximum atomic E-state index is 11.8. The molecule has 0 saturated carbocycles. The summed E-state index contributed by atoms with van der Waals surface area (Å²) in [5.74, 6) is -0.569. The average molecular weight is 322 g/mol. The van der Waals surface area contributed by atoms with Crippen molar-refractivity contribution in [2.24, 2.45) is 0 Å². The molecule has 126 valence electrons. The van der Waals surface area contributed by atoms with Gasteiger partial charge in [0.25, 0.3) is 0 Å². The van der Waals surface area contributed by atoms with Crippen LogP contribution in [-0.2, 0) is 4.74 Å². The standard InChI is InChI=1S/C15H22N4O4/c1-9-11(12(20)21)7-16-13(17-9)19-6-5-10(8-19)18-14(22)23-15(2,3)4/h7,10H,5-6,8H2,1-4H3,(H,18,22)(H,20,21)/t10-/m0/s1. The van der Waals surface area contributed by atoms with E-state index in [0.29, 0.717) is 24.7 Å². The summed E-state index contributed by atoms with van der Waals surface area (Å²) in [5, 5.41) is 11.8. The first-order chi connectivity index (χ1) is 10.7. The number of carbonyl (C=O) groups excluding carboxylic acids is 1. The average Bonchev–Trinajstić information content (AvgIpc) is 2.84. The zero-order valence-electron chi connectivity index (χ0n) is 13.8. The maximum Gasteiger partial charge on any atom is 0.407 e. The van der Waals surface area contributed by atoms with E-state index in [1.54, 1.807) is 6.92 Å². The molecule has 0 unspecified atom stereocenters. The smallest absolute Gasteiger partial charge is 0.407 e. The summed E-state index contributed by atoms with van der Waals surface area (Å²) in [5.41, 5.74) is -0.0163. The van der Waals surface area contributed by atoms with E-state index in [9.17, 15) is 9.59 Å². The second-order valence-corrected chi connectivity index (χ2v) is 6.55. The van der Waals surface area contributed by atoms with Gasteiger partial charge in [0.15, 0.2) is 0 Å². The quantitative estimate of drug-likeness (QED) is 0.870. The highest BCUT2D eigenvalue weighted by Crippen LogP contribution is 2.18. The number of carboxylic acid groups (broad SMARTS) is 1. The number of aromatic carboxylic acids is 1. The van der Waals surface area contributed by atoms with E-state index in [0.717, 1.165) is 6.42 Å². The summed E-state index contributed by atoms with van der Waals surface area (Å²) < 4.78 is 5.24. The van der Waals surface area contributed by atoms with Gasteiger partial charge >= 0.3 is 12.1 Å². The number of hydrogen-bond donors (Lipinski definition) is 2. The molecule has 1 saturated heterocycles. The molecule has 0 aromatic carbocycles. The highest BCUT2D eigenvalue weighted by Gasteiger charge is 2.28. The molecule has 1 aromatic rings. The van der Waals surface area contributed by atoms with Gasteiger partial charge in [0.2, 0.25) is 5.95 Å². The Morgan fingerprint density at radius 1 is 1.43 bits per heavy atom. The Hall–Kier alpha value is -2.38. The van der Waals surface area contributed by atoms with Crippen molar-refractivity contribution in [3.63, 3.8) is 0 Å². The molecule has 1 fully saturated rings. The summed E-state index contributed by atoms with van der Waals surface area (Å²) >= 11 is 0. The highest BCUT2D eigenvalue weighted by atomic mass is 16.6. The van der Waals surface area contributed by atoms with Crippen LogP contribution in [0.2, 0.25) is 0 Å². The lowest BCUT2D eigenvalue weighted by Gasteiger charge is -2.22. The van der Waals surface area contributed by atoms with Crippen molar-refractivity contribution in [1.29, 1.82) is 0 Å². The van der Waals surface area contributed by atoms with Crippen molar-refractivity contribution >= 4 is 18.0 Å². The molecule has 0 radical (unpaired) electrons. The second kappa shape index (κ2) is 6.39. The monoisotopic (exact) mass is 322 g/mol. The molecule has 8 nitrogen and oxygen atoms in total. The number of aryl methyl sites for hydroxylation is 1. The minimum atomic E-state index is -1.04. The van der Waals surface area contributed by atoms with Crippen LogP contribution in [0.25, 0.3) is 0 Å². The van der Waals surface area contributed by atoms with Crippen molar-refractivity contribution in [2.75, 3.05) is 18.0 Å². The van der Waals surface area contributed by atoms with Gasteiger partial charge in [-0.15, -0.1) is 0 Å². The highest BCUT2D eigenvalue weighted by molar-refractivity contribution is 5.88. The number of alkyl carbamates (subject to hydrolysis) is 1. The molecular formula is C15H22N4O4. The Morgan fingerprint density at radius 3 is 2.70 bits per heavy atom. The van der Waals surface area contributed by atoms with Crippen LogP contribution >= 0.6 is 0 Å². The van der Waals surface area contributed by atoms with Crippen molar-refractivity contribution in [1.82, 2.24) is 15.3 Å². The van der Waals surface area contributed by atoms with E-state index < -0.39 is 17.7 Å². The lowest BCUT2D eigenvalue weighted by atomic mass is 10.2. The molecule has 1 aliphatic rings. The lowest BCUT2D eigenvalue weighted by molar-refractivity contribution is 0.0508. The summed E-state index contributed by atoms with van der Waals surface area (Å²) in [6, 6.07) is -0.0482. The minimum Gasteiger partial charge on any atom is -0.478 e. The zero-order chi connectivity index (χ0) is 17.2. The Morgan fingerprint density at radius 2 is 2.13 bits per heavy atom. The summed E-state index contributed by atoms with van der Waals surface area (Å²) in [7, 11) is 0. The number of aromatic nitrogens is 2. The normalized spacial score (nSPS) is 17.9. The molecule has 2 N–H and O–H groups in total. The van der Waals surface area contributed by atoms with Gasteiger partial charge in [0, 0.05) is 19.3 Å². The van der Waals surface area contributed by atoms with Crippen LogP contribution in [0.4, 0.5) is 10.7 Å². The second-order valence-electron chi connectivity index (χ2n) is 6.55. The summed E-state index contributed by atoms with van der Waals surface area (Å²) in [4.78, 5) is 33.0. The number of carbonyl (C=O) groups is 2. The third-order valence-electron chi connectivity index (χ3n) is 3.39. The molecule has 2 rings (SSSR count). The van der Waals surface area contributed by atoms with Crippen LogP contribution in [0.5, 0.6) is 0 Å². The van der Waals surface area contributed by atoms with Crippen LogP contribution in [0.15, 0.2) is 6.20 Å². The van der Waals surface area contributed by atoms with Crippen LogP contribution in [0.3, 0.4) is 0 Å². The Balaban J connectivity index is 1.96. The van der Waals surface area contributed by atoms with Gasteiger partial charge < -0.3 is 20.1 Å². The molecule has 0 spiro atoms. The maximum absolute atomic E-state index is 11.8. The first-order valence-corrected chi connectivity index (χ1v) is 7.47. The van der Waals surface area contributed by atoms with Gasteiger partial charge in [0.05, 0.1) is 17.3 Å². The largest absolute Gasteiger partial charge is 0.478 e. The van der Waals surface area contributed by atoms with Crippen molar-refractivity contribution in [3.8, 4) is 0 Å². The van der Waals surface area contributed by atoms with Crippen LogP contribution in [0.1, 0.15) is 43.2 Å². The Labute approximate surface area is 134 Å². The molecule has 1 atom stereocenters. The van der Waals surface area contributed by atoms with Gasteiger partial charge in [-0.2, -0.15) is 0 Å². The molecule has 2 heterocycles. The van der Waals surface area contributed by atoms with Crippen LogP contribution < -0.4 is 10.2 Å². The molecule has 23 heavy (non-hydrogen) atoms. The number of anilines is 1. The molecule has 1 aromatic heterocycles. The van der Waals surface area contributed by atoms with Gasteiger partial charge in [-0.05, 0) is 34.1 Å². The van der Waals surface area contributed by atoms with Crippen molar-refractivity contribution in [2.45, 2.75) is 45.8 Å². The van der Waals surface area contributed by atoms with E-state index in [1.165, 1.54) is 6.20 Å². The molecule has 0 bridgehead atoms. The van der Waals surface area contributed by atoms with Crippen molar-refractivity contribution in [3.05, 3.63) is 17.5 Å². The van der Waals surface area contributed by atoms with Gasteiger partial charge in [-0.25, -0.2) is 19.6 Å². The Bertz CT molecular complexity index is 612. The SMILES string of the molecule is Cc1nc(N2CC[C@H](NC(=O)OC(C)(C)C)C2)ncc1C(=O)O. The summed E-state index contributed by atoms with van der Waals surface area (Å²) in [6.45, 7) is 8.33. The van der Waals surface area contributed by atoms with E-state index in [1.807, 2.05) is 25.7 Å². The molecular weight excluding hydrogens is 300 g/mol. The number of hydrogen-bond acceptors (Lipinski definition) is 6. The predicted molar refractivity (Wildman–Crippen MR) is 83.7 cm³/mol. The minimum absolute atomic E-state index is 0.0482. The first kappa shape index (κ1) is 17.0. The number of nitrogens with zero attached hydrogens (tertiary/aromatic N) is 3. The Kier molecular flexibility index (Phi) is 4.72. The van der Waals surface area contributed by atoms with Gasteiger partial charge in [0.1, 0.15) is 5.60 Å². The summed E-state index contributed by atoms with van der Waals surface area (Å²) in [6.07, 6.45) is 1.62. The number of amides is 1. The third-order valence-corrected chi connectivity index (χ3v) is 3.39. The molecule has 0 aliphatic carbocycles. The molecule has 8 heteroatoms. The van der Waals surface area contributed by atoms with E-state index >= 15 is 0 Å². The molecule has 1 aliphatic heterocycles. The number of rotatable bonds is 3. The number of carboxylic acids is 1. The van der Waals surface area contributed by atoms with Gasteiger partial charge in [-0.3, -0.25) is 0 Å². The molecule has 1 amide bonds. The van der Waals surface area contributed by atoms with E-state index in [4.69, 9.17) is 9.84 Å². The number of ether oxygens (including phenoxy) is 1. The fraction of sp³-hybridized carbons (Fsp3) is 0.600. The fourth-order valence-electron chi connectivity index (χ4n) is 2.35.